The monoisotopic (exact) mass is 446 g/mol. The molecule has 4 heterocycles. The summed E-state index contributed by atoms with van der Waals surface area (Å²) < 4.78 is 16.7. The molecule has 30 heavy (non-hydrogen) atoms. The van der Waals surface area contributed by atoms with Gasteiger partial charge < -0.3 is 5.32 Å². The molecule has 4 aromatic rings. The third-order valence-corrected chi connectivity index (χ3v) is 5.07. The van der Waals surface area contributed by atoms with Crippen molar-refractivity contribution in [3.05, 3.63) is 59.3 Å². The molecule has 0 amide bonds. The molecule has 0 saturated carbocycles. The number of rotatable bonds is 2. The highest BCUT2D eigenvalue weighted by Crippen LogP contribution is 2.28. The zero-order chi connectivity index (χ0) is 19.3. The van der Waals surface area contributed by atoms with Gasteiger partial charge in [-0.05, 0) is 62.2 Å². The molecule has 9 heteroatoms. The molecule has 3 aromatic heterocycles. The Kier molecular flexibility index (Phi) is 6.36. The summed E-state index contributed by atoms with van der Waals surface area (Å²) in [6.07, 6.45) is 4.82. The Morgan fingerprint density at radius 3 is 2.63 bits per heavy atom. The summed E-state index contributed by atoms with van der Waals surface area (Å²) in [4.78, 5) is 4.46. The van der Waals surface area contributed by atoms with Crippen molar-refractivity contribution in [2.45, 2.75) is 20.3 Å². The second kappa shape index (κ2) is 8.63. The van der Waals surface area contributed by atoms with E-state index in [4.69, 9.17) is 0 Å². The van der Waals surface area contributed by atoms with Crippen LogP contribution in [0.5, 0.6) is 0 Å². The maximum Gasteiger partial charge on any atom is 0.156 e. The fraction of sp³-hybridized carbons (Fsp3) is 0.238. The van der Waals surface area contributed by atoms with Gasteiger partial charge in [-0.1, -0.05) is 6.08 Å². The van der Waals surface area contributed by atoms with E-state index in [2.05, 4.69) is 31.7 Å². The van der Waals surface area contributed by atoms with Crippen molar-refractivity contribution in [1.29, 1.82) is 0 Å². The lowest BCUT2D eigenvalue weighted by molar-refractivity contribution is 0.639. The van der Waals surface area contributed by atoms with E-state index in [0.717, 1.165) is 47.7 Å². The van der Waals surface area contributed by atoms with Gasteiger partial charge in [-0.15, -0.1) is 29.9 Å². The fourth-order valence-corrected chi connectivity index (χ4v) is 3.65. The van der Waals surface area contributed by atoms with Crippen molar-refractivity contribution in [2.75, 3.05) is 13.1 Å². The Balaban J connectivity index is 0.00000128. The summed E-state index contributed by atoms with van der Waals surface area (Å²) in [5, 5.41) is 17.0. The molecule has 0 radical (unpaired) electrons. The lowest BCUT2D eigenvalue weighted by Gasteiger charge is -2.13. The van der Waals surface area contributed by atoms with Crippen LogP contribution >= 0.6 is 24.8 Å². The Labute approximate surface area is 185 Å². The zero-order valence-corrected chi connectivity index (χ0v) is 18.1. The molecule has 5 rings (SSSR count). The molecule has 156 valence electrons. The third-order valence-electron chi connectivity index (χ3n) is 5.07. The van der Waals surface area contributed by atoms with Crippen molar-refractivity contribution >= 4 is 46.9 Å². The number of halogens is 3. The molecule has 0 bridgehead atoms. The summed E-state index contributed by atoms with van der Waals surface area (Å²) in [6.45, 7) is 5.60. The van der Waals surface area contributed by atoms with Gasteiger partial charge in [0.25, 0.3) is 0 Å². The first-order valence-electron chi connectivity index (χ1n) is 9.29. The first-order valence-corrected chi connectivity index (χ1v) is 9.29. The van der Waals surface area contributed by atoms with Gasteiger partial charge in [-0.25, -0.2) is 13.9 Å². The predicted molar refractivity (Wildman–Crippen MR) is 121 cm³/mol. The number of fused-ring (bicyclic) bond motifs is 2. The van der Waals surface area contributed by atoms with Gasteiger partial charge in [0.2, 0.25) is 0 Å². The van der Waals surface area contributed by atoms with E-state index >= 15 is 0 Å². The van der Waals surface area contributed by atoms with Crippen LogP contribution in [0.1, 0.15) is 23.4 Å². The third kappa shape index (κ3) is 3.88. The van der Waals surface area contributed by atoms with E-state index in [1.807, 2.05) is 32.2 Å². The van der Waals surface area contributed by atoms with Crippen LogP contribution in [0.2, 0.25) is 0 Å². The molecule has 0 aliphatic carbocycles. The molecule has 1 aliphatic rings. The Hall–Kier alpha value is -2.61. The Bertz CT molecular complexity index is 1270. The van der Waals surface area contributed by atoms with Crippen LogP contribution < -0.4 is 5.32 Å². The molecular formula is C21H21Cl2FN6. The minimum absolute atomic E-state index is 0. The van der Waals surface area contributed by atoms with Crippen molar-refractivity contribution in [1.82, 2.24) is 30.1 Å². The summed E-state index contributed by atoms with van der Waals surface area (Å²) in [7, 11) is 0. The largest absolute Gasteiger partial charge is 0.313 e. The maximum absolute atomic E-state index is 15.0. The minimum Gasteiger partial charge on any atom is -0.313 e. The van der Waals surface area contributed by atoms with Crippen LogP contribution in [0.4, 0.5) is 4.39 Å². The molecule has 0 saturated heterocycles. The zero-order valence-electron chi connectivity index (χ0n) is 16.5. The smallest absolute Gasteiger partial charge is 0.156 e. The van der Waals surface area contributed by atoms with Gasteiger partial charge in [-0.2, -0.15) is 10.2 Å². The topological polar surface area (TPSA) is 68.0 Å². The molecule has 0 atom stereocenters. The number of aromatic nitrogens is 5. The fourth-order valence-electron chi connectivity index (χ4n) is 3.65. The van der Waals surface area contributed by atoms with Gasteiger partial charge in [0.15, 0.2) is 5.65 Å². The van der Waals surface area contributed by atoms with Crippen LogP contribution in [0, 0.1) is 19.7 Å². The highest BCUT2D eigenvalue weighted by atomic mass is 35.5. The molecule has 1 aliphatic heterocycles. The highest BCUT2D eigenvalue weighted by Gasteiger charge is 2.14. The summed E-state index contributed by atoms with van der Waals surface area (Å²) in [5.74, 6) is -0.320. The second-order valence-corrected chi connectivity index (χ2v) is 7.17. The summed E-state index contributed by atoms with van der Waals surface area (Å²) in [5.41, 5.74) is 6.40. The minimum atomic E-state index is -0.320. The van der Waals surface area contributed by atoms with Crippen molar-refractivity contribution in [2.24, 2.45) is 0 Å². The first kappa shape index (κ1) is 22.1. The molecule has 1 N–H and O–H groups in total. The van der Waals surface area contributed by atoms with Crippen molar-refractivity contribution < 1.29 is 4.39 Å². The summed E-state index contributed by atoms with van der Waals surface area (Å²) >= 11 is 0. The van der Waals surface area contributed by atoms with Crippen LogP contribution in [0.3, 0.4) is 0 Å². The average Bonchev–Trinajstić information content (AvgIpc) is 3.09. The molecule has 0 spiro atoms. The normalized spacial score (nSPS) is 13.6. The summed E-state index contributed by atoms with van der Waals surface area (Å²) in [6, 6.07) is 7.06. The lowest BCUT2D eigenvalue weighted by atomic mass is 10.0. The van der Waals surface area contributed by atoms with Crippen molar-refractivity contribution in [3.63, 3.8) is 0 Å². The molecule has 0 fully saturated rings. The van der Waals surface area contributed by atoms with E-state index in [9.17, 15) is 4.39 Å². The standard InChI is InChI=1S/C21H19FN6.2ClH/c1-12-7-19(27-28-11-13(2)24-21(12)28)15-8-17(22)16-10-18(25-26-20(16)9-15)14-3-5-23-6-4-14;;/h3,7-11,23H,4-6H2,1-2H3;2*1H. The van der Waals surface area contributed by atoms with Gasteiger partial charge in [0.1, 0.15) is 5.82 Å². The molecule has 6 nitrogen and oxygen atoms in total. The number of imidazole rings is 1. The Morgan fingerprint density at radius 2 is 1.87 bits per heavy atom. The molecular weight excluding hydrogens is 426 g/mol. The van der Waals surface area contributed by atoms with E-state index in [1.54, 1.807) is 10.6 Å². The quantitative estimate of drug-likeness (QED) is 0.496. The molecule has 0 unspecified atom stereocenters. The number of benzene rings is 1. The highest BCUT2D eigenvalue weighted by molar-refractivity contribution is 5.86. The van der Waals surface area contributed by atoms with Crippen LogP contribution in [0.15, 0.2) is 36.5 Å². The van der Waals surface area contributed by atoms with E-state index < -0.39 is 0 Å². The average molecular weight is 447 g/mol. The van der Waals surface area contributed by atoms with Gasteiger partial charge in [-0.3, -0.25) is 0 Å². The number of aryl methyl sites for hydroxylation is 2. The SMILES string of the molecule is Cc1cn2nc(-c3cc(F)c4cc(C5=CCNCC5)nnc4c3)cc(C)c2n1.Cl.Cl. The number of hydrogen-bond acceptors (Lipinski definition) is 5. The van der Waals surface area contributed by atoms with Gasteiger partial charge in [0, 0.05) is 17.5 Å². The van der Waals surface area contributed by atoms with Gasteiger partial charge >= 0.3 is 0 Å². The van der Waals surface area contributed by atoms with Crippen LogP contribution in [-0.4, -0.2) is 37.9 Å². The van der Waals surface area contributed by atoms with Crippen molar-refractivity contribution in [3.8, 4) is 11.3 Å². The predicted octanol–water partition coefficient (Wildman–Crippen LogP) is 4.32. The van der Waals surface area contributed by atoms with E-state index in [1.165, 1.54) is 6.07 Å². The second-order valence-electron chi connectivity index (χ2n) is 7.17. The van der Waals surface area contributed by atoms with Gasteiger partial charge in [0.05, 0.1) is 28.8 Å². The number of nitrogens with one attached hydrogen (secondary N) is 1. The lowest BCUT2D eigenvalue weighted by Crippen LogP contribution is -2.20. The number of nitrogens with zero attached hydrogens (tertiary/aromatic N) is 5. The van der Waals surface area contributed by atoms with E-state index in [0.29, 0.717) is 22.2 Å². The molecule has 1 aromatic carbocycles. The van der Waals surface area contributed by atoms with Crippen LogP contribution in [-0.2, 0) is 0 Å². The van der Waals surface area contributed by atoms with Crippen LogP contribution in [0.25, 0.3) is 33.4 Å². The maximum atomic E-state index is 15.0. The first-order chi connectivity index (χ1) is 13.6. The Morgan fingerprint density at radius 1 is 1.03 bits per heavy atom. The number of hydrogen-bond donors (Lipinski definition) is 1. The van der Waals surface area contributed by atoms with E-state index in [-0.39, 0.29) is 30.6 Å².